The highest BCUT2D eigenvalue weighted by atomic mass is 35.5. The van der Waals surface area contributed by atoms with Gasteiger partial charge in [0.2, 0.25) is 33.6 Å². The lowest BCUT2D eigenvalue weighted by molar-refractivity contribution is -0.142. The fourth-order valence-corrected chi connectivity index (χ4v) is 8.88. The maximum absolute atomic E-state index is 14.4. The fourth-order valence-electron chi connectivity index (χ4n) is 7.29. The Morgan fingerprint density at radius 1 is 1.17 bits per heavy atom. The van der Waals surface area contributed by atoms with E-state index in [9.17, 15) is 41.5 Å². The summed E-state index contributed by atoms with van der Waals surface area (Å²) in [7, 11) is -3.96. The predicted octanol–water partition coefficient (Wildman–Crippen LogP) is 4.01. The number of benzene rings is 1. The number of hydrogen-bond acceptors (Lipinski definition) is 9. The molecule has 2 saturated carbocycles. The van der Waals surface area contributed by atoms with E-state index in [-0.39, 0.29) is 42.1 Å². The lowest BCUT2D eigenvalue weighted by atomic mass is 9.88. The van der Waals surface area contributed by atoms with E-state index in [1.807, 2.05) is 13.0 Å². The van der Waals surface area contributed by atoms with Crippen LogP contribution < -0.4 is 24.8 Å². The quantitative estimate of drug-likeness (QED) is 0.270. The molecule has 2 aliphatic carbocycles. The van der Waals surface area contributed by atoms with Crippen LogP contribution in [-0.2, 0) is 24.4 Å². The van der Waals surface area contributed by atoms with Gasteiger partial charge in [0, 0.05) is 34.2 Å². The van der Waals surface area contributed by atoms with Crippen molar-refractivity contribution in [2.75, 3.05) is 13.2 Å². The van der Waals surface area contributed by atoms with Crippen LogP contribution in [0, 0.1) is 17.8 Å². The van der Waals surface area contributed by atoms with E-state index in [4.69, 9.17) is 21.1 Å². The minimum Gasteiger partial charge on any atom is -0.472 e. The maximum atomic E-state index is 14.4. The average Bonchev–Trinajstić information content (AvgIpc) is 4.01. The fraction of sp³-hybridized carbons (Fsp3) is 0.571. The molecule has 4 aliphatic rings. The van der Waals surface area contributed by atoms with Crippen molar-refractivity contribution in [3.63, 3.8) is 0 Å². The van der Waals surface area contributed by atoms with E-state index in [0.29, 0.717) is 42.9 Å². The van der Waals surface area contributed by atoms with Crippen LogP contribution in [0.3, 0.4) is 0 Å². The van der Waals surface area contributed by atoms with E-state index >= 15 is 0 Å². The summed E-state index contributed by atoms with van der Waals surface area (Å²) >= 11 is 6.42. The van der Waals surface area contributed by atoms with Gasteiger partial charge in [-0.25, -0.2) is 22.0 Å². The average molecular weight is 782 g/mol. The monoisotopic (exact) mass is 781 g/mol. The zero-order valence-electron chi connectivity index (χ0n) is 29.1. The lowest BCUT2D eigenvalue weighted by Gasteiger charge is -2.32. The third-order valence-electron chi connectivity index (χ3n) is 10.3. The van der Waals surface area contributed by atoms with Gasteiger partial charge >= 0.3 is 6.09 Å². The summed E-state index contributed by atoms with van der Waals surface area (Å²) in [6.07, 6.45) is 1.12. The molecule has 4 amide bonds. The second-order valence-electron chi connectivity index (χ2n) is 14.5. The second-order valence-corrected chi connectivity index (χ2v) is 16.9. The van der Waals surface area contributed by atoms with Crippen LogP contribution in [-0.4, -0.2) is 95.8 Å². The van der Waals surface area contributed by atoms with Crippen LogP contribution in [0.4, 0.5) is 13.6 Å². The molecule has 53 heavy (non-hydrogen) atoms. The molecule has 7 atom stereocenters. The predicted molar refractivity (Wildman–Crippen MR) is 188 cm³/mol. The molecule has 6 rings (SSSR count). The molecule has 2 aliphatic heterocycles. The van der Waals surface area contributed by atoms with Crippen molar-refractivity contribution < 1.29 is 51.0 Å². The summed E-state index contributed by atoms with van der Waals surface area (Å²) in [5.41, 5.74) is -1.61. The molecule has 2 aromatic rings. The van der Waals surface area contributed by atoms with Crippen LogP contribution in [0.5, 0.6) is 11.8 Å². The van der Waals surface area contributed by atoms with Gasteiger partial charge in [0.05, 0.1) is 11.8 Å². The first kappa shape index (κ1) is 38.5. The number of allylic oxidation sites excluding steroid dienone is 1. The SMILES string of the molecule is C[C@H]1CCC=C[C@@H]2C[C@@]2(C(=O)NS(=O)(=O)C2CC2)NC(=O)[C@@H]2C[C@@H](Oc3nc(OCC(F)F)cc4c(Cl)cccc34)CN2C(=O)[C@@H](NC(=O)O)[C@H](C)C1. The Hall–Kier alpha value is -4.25. The summed E-state index contributed by atoms with van der Waals surface area (Å²) in [6.45, 7) is 2.57. The number of fused-ring (bicyclic) bond motifs is 3. The Morgan fingerprint density at radius 3 is 2.62 bits per heavy atom. The molecule has 3 fully saturated rings. The molecular formula is C35H42ClF2N5O9S. The number of carbonyl (C=O) groups excluding carboxylic acids is 3. The van der Waals surface area contributed by atoms with Gasteiger partial charge in [0.1, 0.15) is 23.7 Å². The van der Waals surface area contributed by atoms with Gasteiger partial charge in [-0.05, 0) is 62.5 Å². The van der Waals surface area contributed by atoms with Crippen LogP contribution in [0.2, 0.25) is 5.02 Å². The number of nitrogens with zero attached hydrogens (tertiary/aromatic N) is 2. The van der Waals surface area contributed by atoms with Crippen molar-refractivity contribution in [1.82, 2.24) is 25.2 Å². The van der Waals surface area contributed by atoms with Crippen molar-refractivity contribution in [3.05, 3.63) is 41.4 Å². The first-order chi connectivity index (χ1) is 25.1. The number of amides is 4. The summed E-state index contributed by atoms with van der Waals surface area (Å²) in [4.78, 5) is 59.8. The number of alkyl halides is 2. The first-order valence-electron chi connectivity index (χ1n) is 17.6. The molecule has 1 aromatic heterocycles. The Morgan fingerprint density at radius 2 is 1.92 bits per heavy atom. The number of carboxylic acid groups (broad SMARTS) is 1. The minimum absolute atomic E-state index is 0.0641. The van der Waals surface area contributed by atoms with Crippen molar-refractivity contribution in [3.8, 4) is 11.8 Å². The third kappa shape index (κ3) is 8.61. The lowest BCUT2D eigenvalue weighted by Crippen LogP contribution is -2.59. The number of ether oxygens (including phenoxy) is 2. The molecule has 0 radical (unpaired) electrons. The molecule has 0 spiro atoms. The highest BCUT2D eigenvalue weighted by Gasteiger charge is 2.62. The normalized spacial score (nSPS) is 29.4. The Labute approximate surface area is 310 Å². The van der Waals surface area contributed by atoms with Crippen LogP contribution in [0.1, 0.15) is 58.8 Å². The number of sulfonamides is 1. The van der Waals surface area contributed by atoms with Gasteiger partial charge in [-0.2, -0.15) is 4.98 Å². The second kappa shape index (κ2) is 15.2. The highest BCUT2D eigenvalue weighted by Crippen LogP contribution is 2.46. The number of aromatic nitrogens is 1. The molecular weight excluding hydrogens is 740 g/mol. The van der Waals surface area contributed by atoms with Gasteiger partial charge in [0.15, 0.2) is 6.61 Å². The molecule has 14 nitrogen and oxygen atoms in total. The van der Waals surface area contributed by atoms with E-state index in [1.54, 1.807) is 31.2 Å². The van der Waals surface area contributed by atoms with Crippen LogP contribution in [0.25, 0.3) is 10.8 Å². The topological polar surface area (TPSA) is 193 Å². The Bertz CT molecular complexity index is 1920. The van der Waals surface area contributed by atoms with Gasteiger partial charge < -0.3 is 30.1 Å². The largest absolute Gasteiger partial charge is 0.472 e. The van der Waals surface area contributed by atoms with E-state index in [2.05, 4.69) is 20.3 Å². The number of pyridine rings is 1. The van der Waals surface area contributed by atoms with Crippen molar-refractivity contribution >= 4 is 56.2 Å². The van der Waals surface area contributed by atoms with Crippen molar-refractivity contribution in [2.45, 2.75) is 94.2 Å². The van der Waals surface area contributed by atoms with Gasteiger partial charge in [-0.3, -0.25) is 19.1 Å². The van der Waals surface area contributed by atoms with Crippen molar-refractivity contribution in [2.24, 2.45) is 17.8 Å². The first-order valence-corrected chi connectivity index (χ1v) is 19.5. The smallest absolute Gasteiger partial charge is 0.405 e. The standard InChI is InChI=1S/C35H42ClF2N5O9S/c1-18-6-3-4-7-20-15-35(20,33(46)42-53(49,50)22-10-11-22)41-30(44)26-13-21(16-43(26)32(45)29(19(2)12-18)40-34(47)48)52-31-23-8-5-9-25(36)24(23)14-28(39-31)51-17-27(37)38/h4-5,7-9,14,18-22,26-27,29,40H,3,6,10-13,15-17H2,1-2H3,(H,41,44)(H,42,46)(H,47,48)/t18-,19+,20+,21+,26-,29-,35+/m0/s1. The van der Waals surface area contributed by atoms with Crippen LogP contribution >= 0.6 is 11.6 Å². The molecule has 1 saturated heterocycles. The number of halogens is 3. The molecule has 3 heterocycles. The maximum Gasteiger partial charge on any atom is 0.405 e. The number of rotatable bonds is 9. The minimum atomic E-state index is -3.96. The van der Waals surface area contributed by atoms with Crippen molar-refractivity contribution in [1.29, 1.82) is 0 Å². The highest BCUT2D eigenvalue weighted by molar-refractivity contribution is 7.91. The van der Waals surface area contributed by atoms with E-state index in [0.717, 1.165) is 0 Å². The zero-order valence-corrected chi connectivity index (χ0v) is 30.7. The summed E-state index contributed by atoms with van der Waals surface area (Å²) < 4.78 is 65.2. The zero-order chi connectivity index (χ0) is 38.2. The van der Waals surface area contributed by atoms with Gasteiger partial charge in [0.25, 0.3) is 12.3 Å². The number of hydrogen-bond donors (Lipinski definition) is 4. The molecule has 0 unspecified atom stereocenters. The number of nitrogens with one attached hydrogen (secondary N) is 3. The van der Waals surface area contributed by atoms with Crippen LogP contribution in [0.15, 0.2) is 36.4 Å². The molecule has 1 aromatic carbocycles. The van der Waals surface area contributed by atoms with E-state index < -0.39 is 87.7 Å². The molecule has 18 heteroatoms. The molecule has 288 valence electrons. The summed E-state index contributed by atoms with van der Waals surface area (Å²) in [6, 6.07) is 3.71. The third-order valence-corrected chi connectivity index (χ3v) is 12.4. The number of carbonyl (C=O) groups is 4. The van der Waals surface area contributed by atoms with E-state index in [1.165, 1.54) is 11.0 Å². The van der Waals surface area contributed by atoms with Gasteiger partial charge in [-0.15, -0.1) is 0 Å². The Kier molecular flexibility index (Phi) is 11.1. The molecule has 0 bridgehead atoms. The van der Waals surface area contributed by atoms with Gasteiger partial charge in [-0.1, -0.05) is 43.7 Å². The molecule has 4 N–H and O–H groups in total. The Balaban J connectivity index is 1.35. The summed E-state index contributed by atoms with van der Waals surface area (Å²) in [5.74, 6) is -3.53. The summed E-state index contributed by atoms with van der Waals surface area (Å²) in [5, 5.41) is 15.2.